The number of carbonyl (C=O) groups is 1. The zero-order chi connectivity index (χ0) is 12.4. The van der Waals surface area contributed by atoms with Crippen molar-refractivity contribution in [2.45, 2.75) is 4.21 Å². The zero-order valence-corrected chi connectivity index (χ0v) is 10.9. The third-order valence-corrected chi connectivity index (χ3v) is 4.73. The number of thioether (sulfide) groups is 1. The number of thiophene rings is 1. The minimum Gasteiger partial charge on any atom is -0.396 e. The maximum Gasteiger partial charge on any atom is 0.205 e. The Morgan fingerprint density at radius 2 is 1.82 bits per heavy atom. The fraction of sp³-hybridized carbons (Fsp3) is 0.0833. The quantitative estimate of drug-likeness (QED) is 0.660. The minimum atomic E-state index is -0.0694. The van der Waals surface area contributed by atoms with Gasteiger partial charge in [0.05, 0.1) is 15.6 Å². The van der Waals surface area contributed by atoms with Crippen molar-refractivity contribution in [3.8, 4) is 0 Å². The van der Waals surface area contributed by atoms with Crippen molar-refractivity contribution in [1.82, 2.24) is 0 Å². The van der Waals surface area contributed by atoms with Crippen molar-refractivity contribution in [3.63, 3.8) is 0 Å². The summed E-state index contributed by atoms with van der Waals surface area (Å²) in [5.41, 5.74) is 13.3. The molecule has 0 saturated heterocycles. The number of nitrogens with two attached hydrogens (primary N) is 2. The molecule has 0 atom stereocenters. The van der Waals surface area contributed by atoms with Gasteiger partial charge in [0.1, 0.15) is 4.88 Å². The molecule has 0 amide bonds. The second-order valence-electron chi connectivity index (χ2n) is 3.45. The van der Waals surface area contributed by atoms with Crippen LogP contribution in [0.2, 0.25) is 0 Å². The van der Waals surface area contributed by atoms with Gasteiger partial charge in [0, 0.05) is 5.56 Å². The molecule has 1 aromatic carbocycles. The van der Waals surface area contributed by atoms with E-state index >= 15 is 0 Å². The molecule has 88 valence electrons. The molecule has 0 spiro atoms. The van der Waals surface area contributed by atoms with Crippen LogP contribution in [0.25, 0.3) is 0 Å². The van der Waals surface area contributed by atoms with E-state index in [0.717, 1.165) is 4.21 Å². The number of rotatable bonds is 3. The van der Waals surface area contributed by atoms with Crippen LogP contribution < -0.4 is 11.5 Å². The number of benzene rings is 1. The van der Waals surface area contributed by atoms with Gasteiger partial charge in [-0.15, -0.1) is 23.1 Å². The second-order valence-corrected chi connectivity index (χ2v) is 5.54. The topological polar surface area (TPSA) is 69.1 Å². The highest BCUT2D eigenvalue weighted by atomic mass is 32.2. The van der Waals surface area contributed by atoms with Gasteiger partial charge in [0.2, 0.25) is 5.78 Å². The van der Waals surface area contributed by atoms with Crippen LogP contribution in [-0.2, 0) is 0 Å². The summed E-state index contributed by atoms with van der Waals surface area (Å²) in [5, 5.41) is 0. The number of ketones is 1. The molecular weight excluding hydrogens is 252 g/mol. The van der Waals surface area contributed by atoms with Crippen molar-refractivity contribution < 1.29 is 4.79 Å². The van der Waals surface area contributed by atoms with E-state index in [2.05, 4.69) is 0 Å². The average Bonchev–Trinajstić information content (AvgIpc) is 2.66. The molecular formula is C12H12N2OS2. The minimum absolute atomic E-state index is 0.0694. The van der Waals surface area contributed by atoms with E-state index in [4.69, 9.17) is 11.5 Å². The first kappa shape index (κ1) is 12.0. The van der Waals surface area contributed by atoms with E-state index in [1.165, 1.54) is 23.1 Å². The van der Waals surface area contributed by atoms with E-state index < -0.39 is 0 Å². The standard InChI is InChI=1S/C12H12N2OS2/c1-16-12-9(14)8(13)11(17-12)10(15)7-5-3-2-4-6-7/h2-6H,13-14H2,1H3. The maximum absolute atomic E-state index is 12.2. The van der Waals surface area contributed by atoms with Crippen LogP contribution in [0, 0.1) is 0 Å². The lowest BCUT2D eigenvalue weighted by Gasteiger charge is -1.99. The number of nitrogen functional groups attached to an aromatic ring is 2. The van der Waals surface area contributed by atoms with Gasteiger partial charge >= 0.3 is 0 Å². The van der Waals surface area contributed by atoms with E-state index in [1.807, 2.05) is 24.5 Å². The Kier molecular flexibility index (Phi) is 3.40. The van der Waals surface area contributed by atoms with Gasteiger partial charge in [-0.1, -0.05) is 30.3 Å². The van der Waals surface area contributed by atoms with Gasteiger partial charge in [-0.3, -0.25) is 4.79 Å². The summed E-state index contributed by atoms with van der Waals surface area (Å²) in [6.07, 6.45) is 1.92. The molecule has 3 nitrogen and oxygen atoms in total. The summed E-state index contributed by atoms with van der Waals surface area (Å²) >= 11 is 2.86. The third kappa shape index (κ3) is 2.16. The van der Waals surface area contributed by atoms with Crippen LogP contribution in [0.5, 0.6) is 0 Å². The van der Waals surface area contributed by atoms with Crippen molar-refractivity contribution in [3.05, 3.63) is 40.8 Å². The molecule has 0 saturated carbocycles. The van der Waals surface area contributed by atoms with Gasteiger partial charge < -0.3 is 11.5 Å². The molecule has 0 fully saturated rings. The number of hydrogen-bond donors (Lipinski definition) is 2. The first-order chi connectivity index (χ1) is 8.15. The molecule has 0 aliphatic carbocycles. The highest BCUT2D eigenvalue weighted by Crippen LogP contribution is 2.40. The van der Waals surface area contributed by atoms with E-state index in [9.17, 15) is 4.79 Å². The van der Waals surface area contributed by atoms with Crippen molar-refractivity contribution in [2.24, 2.45) is 0 Å². The van der Waals surface area contributed by atoms with Gasteiger partial charge in [0.15, 0.2) is 0 Å². The number of hydrogen-bond acceptors (Lipinski definition) is 5. The highest BCUT2D eigenvalue weighted by molar-refractivity contribution is 8.00. The molecule has 2 rings (SSSR count). The number of anilines is 2. The predicted octanol–water partition coefficient (Wildman–Crippen LogP) is 2.87. The van der Waals surface area contributed by atoms with E-state index in [1.54, 1.807) is 12.1 Å². The Bertz CT molecular complexity index is 549. The largest absolute Gasteiger partial charge is 0.396 e. The SMILES string of the molecule is CSc1sc(C(=O)c2ccccc2)c(N)c1N. The Balaban J connectivity index is 2.45. The molecule has 1 aromatic heterocycles. The lowest BCUT2D eigenvalue weighted by atomic mass is 10.1. The summed E-state index contributed by atoms with van der Waals surface area (Å²) in [6.45, 7) is 0. The number of carbonyl (C=O) groups excluding carboxylic acids is 1. The smallest absolute Gasteiger partial charge is 0.205 e. The molecule has 0 unspecified atom stereocenters. The Hall–Kier alpha value is -1.46. The first-order valence-electron chi connectivity index (χ1n) is 4.96. The predicted molar refractivity (Wildman–Crippen MR) is 74.8 cm³/mol. The summed E-state index contributed by atoms with van der Waals surface area (Å²) in [7, 11) is 0. The second kappa shape index (κ2) is 4.81. The van der Waals surface area contributed by atoms with Gasteiger partial charge in [0.25, 0.3) is 0 Å². The lowest BCUT2D eigenvalue weighted by molar-refractivity contribution is 0.104. The Morgan fingerprint density at radius 3 is 2.35 bits per heavy atom. The van der Waals surface area contributed by atoms with Crippen LogP contribution in [0.4, 0.5) is 11.4 Å². The van der Waals surface area contributed by atoms with E-state index in [-0.39, 0.29) is 5.78 Å². The molecule has 17 heavy (non-hydrogen) atoms. The zero-order valence-electron chi connectivity index (χ0n) is 9.27. The van der Waals surface area contributed by atoms with Gasteiger partial charge in [-0.05, 0) is 6.26 Å². The van der Waals surface area contributed by atoms with Gasteiger partial charge in [-0.2, -0.15) is 0 Å². The molecule has 0 bridgehead atoms. The first-order valence-corrected chi connectivity index (χ1v) is 7.00. The van der Waals surface area contributed by atoms with E-state index in [0.29, 0.717) is 21.8 Å². The van der Waals surface area contributed by atoms with Crippen LogP contribution in [0.15, 0.2) is 34.5 Å². The van der Waals surface area contributed by atoms with Crippen molar-refractivity contribution in [1.29, 1.82) is 0 Å². The van der Waals surface area contributed by atoms with Crippen LogP contribution >= 0.6 is 23.1 Å². The molecule has 1 heterocycles. The molecule has 5 heteroatoms. The lowest BCUT2D eigenvalue weighted by Crippen LogP contribution is -2.02. The molecule has 0 aliphatic rings. The summed E-state index contributed by atoms with van der Waals surface area (Å²) in [4.78, 5) is 12.7. The van der Waals surface area contributed by atoms with Crippen molar-refractivity contribution in [2.75, 3.05) is 17.7 Å². The summed E-state index contributed by atoms with van der Waals surface area (Å²) < 4.78 is 0.891. The monoisotopic (exact) mass is 264 g/mol. The molecule has 4 N–H and O–H groups in total. The Morgan fingerprint density at radius 1 is 1.18 bits per heavy atom. The Labute approximate surface area is 108 Å². The third-order valence-electron chi connectivity index (χ3n) is 2.38. The van der Waals surface area contributed by atoms with Crippen LogP contribution in [-0.4, -0.2) is 12.0 Å². The fourth-order valence-corrected chi connectivity index (χ4v) is 3.22. The van der Waals surface area contributed by atoms with Gasteiger partial charge in [-0.25, -0.2) is 0 Å². The maximum atomic E-state index is 12.2. The normalized spacial score (nSPS) is 10.4. The molecule has 0 aliphatic heterocycles. The fourth-order valence-electron chi connectivity index (χ4n) is 1.48. The highest BCUT2D eigenvalue weighted by Gasteiger charge is 2.19. The molecule has 0 radical (unpaired) electrons. The van der Waals surface area contributed by atoms with Crippen LogP contribution in [0.3, 0.4) is 0 Å². The summed E-state index contributed by atoms with van der Waals surface area (Å²) in [5.74, 6) is -0.0694. The molecule has 2 aromatic rings. The average molecular weight is 264 g/mol. The van der Waals surface area contributed by atoms with Crippen LogP contribution in [0.1, 0.15) is 15.2 Å². The summed E-state index contributed by atoms with van der Waals surface area (Å²) in [6, 6.07) is 9.08. The van der Waals surface area contributed by atoms with Crippen molar-refractivity contribution >= 4 is 40.3 Å².